The molecule has 4 rings (SSSR count). The highest BCUT2D eigenvalue weighted by atomic mass is 35.5. The van der Waals surface area contributed by atoms with E-state index in [4.69, 9.17) is 4.74 Å². The summed E-state index contributed by atoms with van der Waals surface area (Å²) in [6, 6.07) is 8.12. The van der Waals surface area contributed by atoms with Gasteiger partial charge in [0.1, 0.15) is 17.4 Å². The normalized spacial score (nSPS) is 16.6. The molecule has 2 aliphatic heterocycles. The molecule has 1 aromatic heterocycles. The summed E-state index contributed by atoms with van der Waals surface area (Å²) in [6.45, 7) is 7.18. The standard InChI is InChI=1S/C22H31N5O2.ClH/c1-2-15-29-19-6-3-17(4-7-19)5-8-21(28)26-12-9-18(10-13-26)22-25-24-20-16-23-11-14-27(20)22;/h3-4,6-7,18,23H,2,5,8-16H2,1H3;1H. The molecule has 3 heterocycles. The topological polar surface area (TPSA) is 72.3 Å². The molecule has 1 fully saturated rings. The number of aromatic nitrogens is 3. The molecule has 0 radical (unpaired) electrons. The summed E-state index contributed by atoms with van der Waals surface area (Å²) >= 11 is 0. The maximum Gasteiger partial charge on any atom is 0.222 e. The summed E-state index contributed by atoms with van der Waals surface area (Å²) in [4.78, 5) is 14.7. The first-order valence-corrected chi connectivity index (χ1v) is 10.9. The average Bonchev–Trinajstić information content (AvgIpc) is 3.21. The van der Waals surface area contributed by atoms with E-state index in [1.165, 1.54) is 5.56 Å². The van der Waals surface area contributed by atoms with Gasteiger partial charge in [-0.3, -0.25) is 4.79 Å². The van der Waals surface area contributed by atoms with Crippen molar-refractivity contribution in [2.45, 2.75) is 58.0 Å². The second-order valence-electron chi connectivity index (χ2n) is 7.95. The monoisotopic (exact) mass is 433 g/mol. The lowest BCUT2D eigenvalue weighted by Gasteiger charge is -2.32. The fraction of sp³-hybridized carbons (Fsp3) is 0.591. The van der Waals surface area contributed by atoms with Gasteiger partial charge in [0.15, 0.2) is 0 Å². The van der Waals surface area contributed by atoms with Crippen molar-refractivity contribution in [3.8, 4) is 5.75 Å². The van der Waals surface area contributed by atoms with Crippen molar-refractivity contribution in [3.63, 3.8) is 0 Å². The van der Waals surface area contributed by atoms with Crippen LogP contribution in [0.2, 0.25) is 0 Å². The second kappa shape index (κ2) is 10.8. The van der Waals surface area contributed by atoms with E-state index in [9.17, 15) is 4.79 Å². The Morgan fingerprint density at radius 3 is 2.67 bits per heavy atom. The minimum atomic E-state index is 0. The van der Waals surface area contributed by atoms with Crippen LogP contribution in [0.4, 0.5) is 0 Å². The molecule has 1 aromatic carbocycles. The first-order valence-electron chi connectivity index (χ1n) is 10.9. The van der Waals surface area contributed by atoms with Gasteiger partial charge in [0.2, 0.25) is 5.91 Å². The van der Waals surface area contributed by atoms with E-state index in [1.54, 1.807) is 0 Å². The first kappa shape index (κ1) is 22.6. The van der Waals surface area contributed by atoms with Crippen LogP contribution in [0.3, 0.4) is 0 Å². The minimum absolute atomic E-state index is 0. The highest BCUT2D eigenvalue weighted by molar-refractivity contribution is 5.85. The van der Waals surface area contributed by atoms with Gasteiger partial charge in [-0.2, -0.15) is 0 Å². The molecule has 0 aliphatic carbocycles. The third-order valence-electron chi connectivity index (χ3n) is 5.89. The molecule has 2 aromatic rings. The van der Waals surface area contributed by atoms with Crippen molar-refractivity contribution in [2.75, 3.05) is 26.2 Å². The van der Waals surface area contributed by atoms with Crippen LogP contribution in [0.15, 0.2) is 24.3 Å². The van der Waals surface area contributed by atoms with Gasteiger partial charge in [0.05, 0.1) is 13.2 Å². The van der Waals surface area contributed by atoms with Crippen molar-refractivity contribution >= 4 is 18.3 Å². The summed E-state index contributed by atoms with van der Waals surface area (Å²) < 4.78 is 7.89. The molecular formula is C22H32ClN5O2. The van der Waals surface area contributed by atoms with Crippen LogP contribution >= 0.6 is 12.4 Å². The zero-order chi connectivity index (χ0) is 20.1. The van der Waals surface area contributed by atoms with E-state index in [0.29, 0.717) is 12.3 Å². The summed E-state index contributed by atoms with van der Waals surface area (Å²) in [5, 5.41) is 12.1. The summed E-state index contributed by atoms with van der Waals surface area (Å²) in [7, 11) is 0. The Bertz CT molecular complexity index is 815. The third-order valence-corrected chi connectivity index (χ3v) is 5.89. The third kappa shape index (κ3) is 5.32. The fourth-order valence-corrected chi connectivity index (χ4v) is 4.19. The Hall–Kier alpha value is -2.12. The largest absolute Gasteiger partial charge is 0.494 e. The number of nitrogens with zero attached hydrogens (tertiary/aromatic N) is 4. The van der Waals surface area contributed by atoms with Crippen LogP contribution in [0, 0.1) is 0 Å². The molecule has 0 unspecified atom stereocenters. The van der Waals surface area contributed by atoms with Crippen molar-refractivity contribution in [2.24, 2.45) is 0 Å². The Morgan fingerprint density at radius 2 is 1.93 bits per heavy atom. The van der Waals surface area contributed by atoms with E-state index < -0.39 is 0 Å². The van der Waals surface area contributed by atoms with Gasteiger partial charge in [-0.25, -0.2) is 0 Å². The van der Waals surface area contributed by atoms with E-state index >= 15 is 0 Å². The number of hydrogen-bond donors (Lipinski definition) is 1. The number of carbonyl (C=O) groups is 1. The SMILES string of the molecule is CCCOc1ccc(CCC(=O)N2CCC(c3nnc4n3CCNC4)CC2)cc1.Cl. The zero-order valence-electron chi connectivity index (χ0n) is 17.7. The Kier molecular flexibility index (Phi) is 8.10. The number of ether oxygens (including phenoxy) is 1. The summed E-state index contributed by atoms with van der Waals surface area (Å²) in [5.74, 6) is 3.71. The lowest BCUT2D eigenvalue weighted by Crippen LogP contribution is -2.39. The van der Waals surface area contributed by atoms with Gasteiger partial charge in [-0.15, -0.1) is 22.6 Å². The predicted molar refractivity (Wildman–Crippen MR) is 118 cm³/mol. The first-order chi connectivity index (χ1) is 14.2. The van der Waals surface area contributed by atoms with E-state index in [2.05, 4.69) is 39.1 Å². The van der Waals surface area contributed by atoms with Crippen molar-refractivity contribution in [1.82, 2.24) is 25.0 Å². The minimum Gasteiger partial charge on any atom is -0.494 e. The second-order valence-corrected chi connectivity index (χ2v) is 7.95. The molecule has 8 heteroatoms. The van der Waals surface area contributed by atoms with Gasteiger partial charge in [-0.1, -0.05) is 19.1 Å². The molecule has 30 heavy (non-hydrogen) atoms. The molecular weight excluding hydrogens is 402 g/mol. The molecule has 1 amide bonds. The molecule has 0 spiro atoms. The number of carbonyl (C=O) groups excluding carboxylic acids is 1. The number of aryl methyl sites for hydroxylation is 1. The quantitative estimate of drug-likeness (QED) is 0.726. The van der Waals surface area contributed by atoms with Crippen molar-refractivity contribution < 1.29 is 9.53 Å². The molecule has 7 nitrogen and oxygen atoms in total. The number of amides is 1. The molecule has 164 valence electrons. The Morgan fingerprint density at radius 1 is 1.17 bits per heavy atom. The van der Waals surface area contributed by atoms with Crippen LogP contribution in [-0.4, -0.2) is 51.8 Å². The van der Waals surface area contributed by atoms with Gasteiger partial charge in [-0.05, 0) is 43.4 Å². The fourth-order valence-electron chi connectivity index (χ4n) is 4.19. The maximum atomic E-state index is 12.7. The van der Waals surface area contributed by atoms with Crippen LogP contribution in [0.5, 0.6) is 5.75 Å². The summed E-state index contributed by atoms with van der Waals surface area (Å²) in [5.41, 5.74) is 1.18. The van der Waals surface area contributed by atoms with Crippen molar-refractivity contribution in [3.05, 3.63) is 41.5 Å². The highest BCUT2D eigenvalue weighted by Gasteiger charge is 2.28. The summed E-state index contributed by atoms with van der Waals surface area (Å²) in [6.07, 6.45) is 4.29. The lowest BCUT2D eigenvalue weighted by molar-refractivity contribution is -0.132. The van der Waals surface area contributed by atoms with Crippen LogP contribution < -0.4 is 10.1 Å². The molecule has 2 aliphatic rings. The lowest BCUT2D eigenvalue weighted by atomic mass is 9.95. The maximum absolute atomic E-state index is 12.7. The zero-order valence-corrected chi connectivity index (χ0v) is 18.5. The molecule has 0 bridgehead atoms. The number of halogens is 1. The van der Waals surface area contributed by atoms with Crippen molar-refractivity contribution in [1.29, 1.82) is 0 Å². The number of hydrogen-bond acceptors (Lipinski definition) is 5. The number of rotatable bonds is 7. The van der Waals surface area contributed by atoms with Gasteiger partial charge >= 0.3 is 0 Å². The van der Waals surface area contributed by atoms with Gasteiger partial charge in [0, 0.05) is 38.5 Å². The van der Waals surface area contributed by atoms with Crippen LogP contribution in [-0.2, 0) is 24.3 Å². The smallest absolute Gasteiger partial charge is 0.222 e. The molecule has 1 N–H and O–H groups in total. The number of benzene rings is 1. The van der Waals surface area contributed by atoms with Crippen LogP contribution in [0.1, 0.15) is 55.7 Å². The number of piperidine rings is 1. The number of fused-ring (bicyclic) bond motifs is 1. The van der Waals surface area contributed by atoms with Gasteiger partial charge < -0.3 is 19.5 Å². The van der Waals surface area contributed by atoms with E-state index in [1.807, 2.05) is 17.0 Å². The average molecular weight is 434 g/mol. The Labute approximate surface area is 184 Å². The Balaban J connectivity index is 0.00000256. The molecule has 1 saturated heterocycles. The molecule has 0 saturated carbocycles. The van der Waals surface area contributed by atoms with Crippen LogP contribution in [0.25, 0.3) is 0 Å². The van der Waals surface area contributed by atoms with E-state index in [-0.39, 0.29) is 18.3 Å². The van der Waals surface area contributed by atoms with Gasteiger partial charge in [0.25, 0.3) is 0 Å². The number of likely N-dealkylation sites (tertiary alicyclic amines) is 1. The predicted octanol–water partition coefficient (Wildman–Crippen LogP) is 2.93. The molecule has 0 atom stereocenters. The highest BCUT2D eigenvalue weighted by Crippen LogP contribution is 2.28. The number of nitrogens with one attached hydrogen (secondary N) is 1. The van der Waals surface area contributed by atoms with E-state index in [0.717, 1.165) is 82.4 Å².